The van der Waals surface area contributed by atoms with Crippen LogP contribution in [-0.2, 0) is 11.2 Å². The molecule has 1 N–H and O–H groups in total. The van der Waals surface area contributed by atoms with Crippen LogP contribution in [0.1, 0.15) is 5.56 Å². The lowest BCUT2D eigenvalue weighted by Gasteiger charge is -2.05. The molecule has 0 unspecified atom stereocenters. The number of hydrogen-bond donors (Lipinski definition) is 1. The normalized spacial score (nSPS) is 10.2. The Morgan fingerprint density at radius 3 is 2.45 bits per heavy atom. The molecule has 0 saturated carbocycles. The smallest absolute Gasteiger partial charge is 0.224 e. The van der Waals surface area contributed by atoms with Crippen molar-refractivity contribution in [2.24, 2.45) is 0 Å². The molecule has 0 atom stereocenters. The molecule has 2 aromatic carbocycles. The van der Waals surface area contributed by atoms with E-state index in [1.165, 1.54) is 4.90 Å². The Morgan fingerprint density at radius 1 is 1.05 bits per heavy atom. The second-order valence-corrected chi connectivity index (χ2v) is 6.40. The van der Waals surface area contributed by atoms with Gasteiger partial charge < -0.3 is 5.32 Å². The summed E-state index contributed by atoms with van der Waals surface area (Å²) < 4.78 is 1.08. The molecule has 0 aliphatic rings. The highest BCUT2D eigenvalue weighted by Gasteiger charge is 2.02. The third kappa shape index (κ3) is 5.39. The van der Waals surface area contributed by atoms with E-state index in [2.05, 4.69) is 33.4 Å². The summed E-state index contributed by atoms with van der Waals surface area (Å²) in [6, 6.07) is 18.0. The van der Waals surface area contributed by atoms with E-state index >= 15 is 0 Å². The first kappa shape index (κ1) is 15.1. The number of carbonyl (C=O) groups is 1. The van der Waals surface area contributed by atoms with Crippen LogP contribution in [0.2, 0.25) is 0 Å². The third-order valence-corrected chi connectivity index (χ3v) is 4.26. The van der Waals surface area contributed by atoms with Gasteiger partial charge in [-0.2, -0.15) is 0 Å². The molecule has 0 aliphatic heterocycles. The molecule has 0 bridgehead atoms. The molecule has 0 heterocycles. The Morgan fingerprint density at radius 2 is 1.75 bits per heavy atom. The highest BCUT2D eigenvalue weighted by molar-refractivity contribution is 9.10. The highest BCUT2D eigenvalue weighted by atomic mass is 79.9. The average Bonchev–Trinajstić information content (AvgIpc) is 2.46. The number of hydrogen-bond acceptors (Lipinski definition) is 2. The summed E-state index contributed by atoms with van der Waals surface area (Å²) in [5, 5.41) is 2.94. The first-order valence-corrected chi connectivity index (χ1v) is 8.21. The zero-order chi connectivity index (χ0) is 14.2. The summed E-state index contributed by atoms with van der Waals surface area (Å²) in [5.41, 5.74) is 1.05. The molecule has 104 valence electrons. The SMILES string of the molecule is O=C(Cc1ccccc1)NCCSc1ccc(Br)cc1. The van der Waals surface area contributed by atoms with Gasteiger partial charge in [0.15, 0.2) is 0 Å². The van der Waals surface area contributed by atoms with Crippen LogP contribution < -0.4 is 5.32 Å². The van der Waals surface area contributed by atoms with Crippen molar-refractivity contribution in [3.8, 4) is 0 Å². The van der Waals surface area contributed by atoms with Gasteiger partial charge in [0.1, 0.15) is 0 Å². The molecule has 0 aromatic heterocycles. The van der Waals surface area contributed by atoms with E-state index in [0.717, 1.165) is 15.8 Å². The molecule has 0 fully saturated rings. The molecule has 2 aromatic rings. The minimum Gasteiger partial charge on any atom is -0.355 e. The summed E-state index contributed by atoms with van der Waals surface area (Å²) in [7, 11) is 0. The summed E-state index contributed by atoms with van der Waals surface area (Å²) >= 11 is 5.15. The lowest BCUT2D eigenvalue weighted by atomic mass is 10.1. The van der Waals surface area contributed by atoms with Crippen molar-refractivity contribution in [1.29, 1.82) is 0 Å². The Hall–Kier alpha value is -1.26. The molecule has 0 aliphatic carbocycles. The van der Waals surface area contributed by atoms with Crippen LogP contribution in [0.25, 0.3) is 0 Å². The van der Waals surface area contributed by atoms with Gasteiger partial charge in [-0.1, -0.05) is 46.3 Å². The topological polar surface area (TPSA) is 29.1 Å². The van der Waals surface area contributed by atoms with Crippen molar-refractivity contribution in [2.75, 3.05) is 12.3 Å². The second kappa shape index (κ2) is 8.12. The zero-order valence-electron chi connectivity index (χ0n) is 11.0. The molecular weight excluding hydrogens is 334 g/mol. The predicted octanol–water partition coefficient (Wildman–Crippen LogP) is 3.90. The Bertz CT molecular complexity index is 542. The minimum atomic E-state index is 0.0765. The van der Waals surface area contributed by atoms with Crippen LogP contribution in [0, 0.1) is 0 Å². The Kier molecular flexibility index (Phi) is 6.15. The van der Waals surface area contributed by atoms with E-state index < -0.39 is 0 Å². The maximum absolute atomic E-state index is 11.7. The van der Waals surface area contributed by atoms with Crippen LogP contribution in [0.15, 0.2) is 64.0 Å². The molecule has 2 nitrogen and oxygen atoms in total. The van der Waals surface area contributed by atoms with Crippen LogP contribution in [0.5, 0.6) is 0 Å². The van der Waals surface area contributed by atoms with Gasteiger partial charge in [-0.15, -0.1) is 11.8 Å². The van der Waals surface area contributed by atoms with E-state index in [1.54, 1.807) is 11.8 Å². The number of nitrogens with one attached hydrogen (secondary N) is 1. The van der Waals surface area contributed by atoms with Crippen LogP contribution in [0.4, 0.5) is 0 Å². The van der Waals surface area contributed by atoms with Crippen LogP contribution in [-0.4, -0.2) is 18.2 Å². The lowest BCUT2D eigenvalue weighted by Crippen LogP contribution is -2.27. The van der Waals surface area contributed by atoms with Gasteiger partial charge in [0, 0.05) is 21.7 Å². The Balaban J connectivity index is 1.66. The molecule has 4 heteroatoms. The van der Waals surface area contributed by atoms with Crippen molar-refractivity contribution >= 4 is 33.6 Å². The van der Waals surface area contributed by atoms with Gasteiger partial charge >= 0.3 is 0 Å². The van der Waals surface area contributed by atoms with Gasteiger partial charge in [-0.3, -0.25) is 4.79 Å². The van der Waals surface area contributed by atoms with Gasteiger partial charge in [0.2, 0.25) is 5.91 Å². The molecule has 0 radical (unpaired) electrons. The van der Waals surface area contributed by atoms with Crippen molar-refractivity contribution in [3.63, 3.8) is 0 Å². The number of amides is 1. The predicted molar refractivity (Wildman–Crippen MR) is 88.0 cm³/mol. The standard InChI is InChI=1S/C16H16BrNOS/c17-14-6-8-15(9-7-14)20-11-10-18-16(19)12-13-4-2-1-3-5-13/h1-9H,10-12H2,(H,18,19). The van der Waals surface area contributed by atoms with Gasteiger partial charge in [0.25, 0.3) is 0 Å². The van der Waals surface area contributed by atoms with E-state index in [-0.39, 0.29) is 5.91 Å². The summed E-state index contributed by atoms with van der Waals surface area (Å²) in [6.45, 7) is 0.687. The molecule has 1 amide bonds. The fourth-order valence-corrected chi connectivity index (χ4v) is 2.77. The number of carbonyl (C=O) groups excluding carboxylic acids is 1. The third-order valence-electron chi connectivity index (χ3n) is 2.71. The van der Waals surface area contributed by atoms with E-state index in [9.17, 15) is 4.79 Å². The zero-order valence-corrected chi connectivity index (χ0v) is 13.4. The number of benzene rings is 2. The molecular formula is C16H16BrNOS. The van der Waals surface area contributed by atoms with Gasteiger partial charge in [-0.25, -0.2) is 0 Å². The maximum Gasteiger partial charge on any atom is 0.224 e. The van der Waals surface area contributed by atoms with E-state index in [4.69, 9.17) is 0 Å². The molecule has 0 saturated heterocycles. The van der Waals surface area contributed by atoms with Crippen LogP contribution in [0.3, 0.4) is 0 Å². The second-order valence-electron chi connectivity index (χ2n) is 4.31. The maximum atomic E-state index is 11.7. The monoisotopic (exact) mass is 349 g/mol. The number of thioether (sulfide) groups is 1. The molecule has 20 heavy (non-hydrogen) atoms. The highest BCUT2D eigenvalue weighted by Crippen LogP contribution is 2.19. The van der Waals surface area contributed by atoms with E-state index in [0.29, 0.717) is 13.0 Å². The summed E-state index contributed by atoms with van der Waals surface area (Å²) in [6.07, 6.45) is 0.448. The Labute approximate surface area is 132 Å². The average molecular weight is 350 g/mol. The van der Waals surface area contributed by atoms with Crippen molar-refractivity contribution in [1.82, 2.24) is 5.32 Å². The van der Waals surface area contributed by atoms with Crippen LogP contribution >= 0.6 is 27.7 Å². The number of halogens is 1. The minimum absolute atomic E-state index is 0.0765. The molecule has 0 spiro atoms. The molecule has 2 rings (SSSR count). The first-order valence-electron chi connectivity index (χ1n) is 6.43. The van der Waals surface area contributed by atoms with E-state index in [1.807, 2.05) is 42.5 Å². The number of rotatable bonds is 6. The largest absolute Gasteiger partial charge is 0.355 e. The van der Waals surface area contributed by atoms with Gasteiger partial charge in [-0.05, 0) is 29.8 Å². The summed E-state index contributed by atoms with van der Waals surface area (Å²) in [5.74, 6) is 0.954. The first-order chi connectivity index (χ1) is 9.74. The summed E-state index contributed by atoms with van der Waals surface area (Å²) in [4.78, 5) is 13.0. The van der Waals surface area contributed by atoms with Crippen molar-refractivity contribution < 1.29 is 4.79 Å². The quantitative estimate of drug-likeness (QED) is 0.632. The lowest BCUT2D eigenvalue weighted by molar-refractivity contribution is -0.120. The van der Waals surface area contributed by atoms with Crippen molar-refractivity contribution in [3.05, 3.63) is 64.6 Å². The van der Waals surface area contributed by atoms with Gasteiger partial charge in [0.05, 0.1) is 6.42 Å². The fraction of sp³-hybridized carbons (Fsp3) is 0.188. The fourth-order valence-electron chi connectivity index (χ4n) is 1.73. The van der Waals surface area contributed by atoms with Crippen molar-refractivity contribution in [2.45, 2.75) is 11.3 Å².